The van der Waals surface area contributed by atoms with Gasteiger partial charge in [0.1, 0.15) is 11.9 Å². The van der Waals surface area contributed by atoms with Gasteiger partial charge in [0.05, 0.1) is 30.0 Å². The summed E-state index contributed by atoms with van der Waals surface area (Å²) < 4.78 is 25.6. The van der Waals surface area contributed by atoms with E-state index in [-0.39, 0.29) is 11.5 Å². The van der Waals surface area contributed by atoms with E-state index < -0.39 is 23.7 Å². The Hall–Kier alpha value is -2.94. The van der Waals surface area contributed by atoms with Gasteiger partial charge in [-0.25, -0.2) is 9.82 Å². The van der Waals surface area contributed by atoms with Crippen molar-refractivity contribution in [1.82, 2.24) is 10.7 Å². The van der Waals surface area contributed by atoms with Crippen molar-refractivity contribution in [3.63, 3.8) is 0 Å². The largest absolute Gasteiger partial charge is 0.493 e. The van der Waals surface area contributed by atoms with E-state index >= 15 is 0 Å². The molecule has 0 aliphatic carbocycles. The molecule has 0 aliphatic heterocycles. The molecule has 0 saturated heterocycles. The Balaban J connectivity index is 2.09. The average molecular weight is 508 g/mol. The van der Waals surface area contributed by atoms with Crippen LogP contribution in [0.25, 0.3) is 0 Å². The second kappa shape index (κ2) is 12.2. The van der Waals surface area contributed by atoms with Gasteiger partial charge in [0, 0.05) is 0 Å². The van der Waals surface area contributed by atoms with Crippen molar-refractivity contribution in [2.75, 3.05) is 13.7 Å². The minimum Gasteiger partial charge on any atom is -0.493 e. The third-order valence-corrected chi connectivity index (χ3v) is 5.03. The summed E-state index contributed by atoms with van der Waals surface area (Å²) in [4.78, 5) is 25.0. The first kappa shape index (κ1) is 25.3. The normalized spacial score (nSPS) is 12.0. The first-order valence-electron chi connectivity index (χ1n) is 10.2. The summed E-state index contributed by atoms with van der Waals surface area (Å²) in [7, 11) is 1.54. The number of methoxy groups -OCH3 is 1. The number of carbonyl (C=O) groups excluding carboxylic acids is 2. The lowest BCUT2D eigenvalue weighted by molar-refractivity contribution is -0.123. The van der Waals surface area contributed by atoms with Gasteiger partial charge in [-0.15, -0.1) is 0 Å². The number of nitrogens with one attached hydrogen (secondary N) is 2. The van der Waals surface area contributed by atoms with Crippen molar-refractivity contribution in [2.24, 2.45) is 11.0 Å². The maximum atomic E-state index is 13.9. The number of benzene rings is 2. The number of hydrogen-bond donors (Lipinski definition) is 2. The highest BCUT2D eigenvalue weighted by Crippen LogP contribution is 2.36. The van der Waals surface area contributed by atoms with Gasteiger partial charge in [-0.2, -0.15) is 5.10 Å². The first-order valence-corrected chi connectivity index (χ1v) is 11.0. The number of rotatable bonds is 10. The van der Waals surface area contributed by atoms with E-state index in [0.29, 0.717) is 28.1 Å². The maximum absolute atomic E-state index is 13.9. The van der Waals surface area contributed by atoms with Gasteiger partial charge >= 0.3 is 0 Å². The molecule has 0 heterocycles. The van der Waals surface area contributed by atoms with Gasteiger partial charge in [-0.3, -0.25) is 9.59 Å². The molecule has 7 nitrogen and oxygen atoms in total. The highest BCUT2D eigenvalue weighted by Gasteiger charge is 2.25. The lowest BCUT2D eigenvalue weighted by atomic mass is 10.0. The Morgan fingerprint density at radius 3 is 2.59 bits per heavy atom. The van der Waals surface area contributed by atoms with Gasteiger partial charge in [0.25, 0.3) is 11.8 Å². The molecule has 2 amide bonds. The number of hydrogen-bond acceptors (Lipinski definition) is 5. The number of hydrazone groups is 1. The Kier molecular flexibility index (Phi) is 9.64. The Bertz CT molecular complexity index is 982. The summed E-state index contributed by atoms with van der Waals surface area (Å²) in [6.45, 7) is 6.10. The van der Waals surface area contributed by atoms with Gasteiger partial charge in [0.2, 0.25) is 0 Å². The van der Waals surface area contributed by atoms with Crippen molar-refractivity contribution in [2.45, 2.75) is 33.2 Å². The van der Waals surface area contributed by atoms with Crippen LogP contribution < -0.4 is 20.2 Å². The number of nitrogens with zero attached hydrogens (tertiary/aromatic N) is 1. The van der Waals surface area contributed by atoms with E-state index in [1.54, 1.807) is 32.0 Å². The van der Waals surface area contributed by atoms with Crippen LogP contribution in [-0.2, 0) is 4.79 Å². The summed E-state index contributed by atoms with van der Waals surface area (Å²) in [6.07, 6.45) is 2.31. The van der Waals surface area contributed by atoms with Crippen LogP contribution in [0.15, 0.2) is 46.0 Å². The fraction of sp³-hybridized carbons (Fsp3) is 0.348. The minimum absolute atomic E-state index is 0.128. The molecule has 2 aromatic carbocycles. The van der Waals surface area contributed by atoms with E-state index in [1.807, 2.05) is 6.92 Å². The van der Waals surface area contributed by atoms with Crippen LogP contribution in [0.5, 0.6) is 11.5 Å². The van der Waals surface area contributed by atoms with E-state index in [1.165, 1.54) is 31.5 Å². The van der Waals surface area contributed by atoms with Crippen LogP contribution in [0.2, 0.25) is 0 Å². The zero-order chi connectivity index (χ0) is 23.7. The highest BCUT2D eigenvalue weighted by molar-refractivity contribution is 9.10. The van der Waals surface area contributed by atoms with Gasteiger partial charge in [-0.05, 0) is 58.1 Å². The molecule has 0 aliphatic rings. The lowest BCUT2D eigenvalue weighted by Gasteiger charge is -2.20. The van der Waals surface area contributed by atoms with Crippen molar-refractivity contribution < 1.29 is 23.5 Å². The van der Waals surface area contributed by atoms with Crippen LogP contribution in [0, 0.1) is 11.7 Å². The fourth-order valence-corrected chi connectivity index (χ4v) is 3.37. The van der Waals surface area contributed by atoms with Gasteiger partial charge in [0.15, 0.2) is 11.5 Å². The molecule has 32 heavy (non-hydrogen) atoms. The van der Waals surface area contributed by atoms with E-state index in [2.05, 4.69) is 31.8 Å². The van der Waals surface area contributed by atoms with Crippen LogP contribution in [0.4, 0.5) is 4.39 Å². The second-order valence-corrected chi connectivity index (χ2v) is 8.15. The molecule has 1 unspecified atom stereocenters. The van der Waals surface area contributed by atoms with E-state index in [0.717, 1.165) is 6.42 Å². The molecule has 9 heteroatoms. The SMILES string of the molecule is CCCOc1c(Br)cc(C=NNC(=O)C(NC(=O)c2ccccc2F)C(C)C)cc1OC. The molecule has 0 fully saturated rings. The topological polar surface area (TPSA) is 89.0 Å². The highest BCUT2D eigenvalue weighted by atomic mass is 79.9. The predicted molar refractivity (Wildman–Crippen MR) is 125 cm³/mol. The molecule has 172 valence electrons. The molecule has 2 aromatic rings. The summed E-state index contributed by atoms with van der Waals surface area (Å²) >= 11 is 3.46. The van der Waals surface area contributed by atoms with Gasteiger partial charge < -0.3 is 14.8 Å². The van der Waals surface area contributed by atoms with Crippen LogP contribution in [-0.4, -0.2) is 37.8 Å². The number of ether oxygens (including phenoxy) is 2. The molecule has 2 N–H and O–H groups in total. The zero-order valence-electron chi connectivity index (χ0n) is 18.4. The number of amides is 2. The van der Waals surface area contributed by atoms with Crippen LogP contribution in [0.1, 0.15) is 43.1 Å². The monoisotopic (exact) mass is 507 g/mol. The lowest BCUT2D eigenvalue weighted by Crippen LogP contribution is -2.48. The zero-order valence-corrected chi connectivity index (χ0v) is 20.0. The molecule has 0 aromatic heterocycles. The first-order chi connectivity index (χ1) is 15.3. The van der Waals surface area contributed by atoms with Crippen molar-refractivity contribution in [1.29, 1.82) is 0 Å². The third-order valence-electron chi connectivity index (χ3n) is 4.44. The Morgan fingerprint density at radius 1 is 1.25 bits per heavy atom. The smallest absolute Gasteiger partial charge is 0.262 e. The Labute approximate surface area is 195 Å². The maximum Gasteiger partial charge on any atom is 0.262 e. The molecular formula is C23H27BrFN3O4. The summed E-state index contributed by atoms with van der Waals surface area (Å²) in [6, 6.07) is 8.20. The molecular weight excluding hydrogens is 481 g/mol. The fourth-order valence-electron chi connectivity index (χ4n) is 2.80. The predicted octanol–water partition coefficient (Wildman–Crippen LogP) is 4.29. The third kappa shape index (κ3) is 6.78. The van der Waals surface area contributed by atoms with E-state index in [4.69, 9.17) is 9.47 Å². The molecule has 1 atom stereocenters. The molecule has 0 saturated carbocycles. The molecule has 2 rings (SSSR count). The number of halogens is 2. The molecule has 0 radical (unpaired) electrons. The number of carbonyl (C=O) groups is 2. The van der Waals surface area contributed by atoms with Crippen LogP contribution in [0.3, 0.4) is 0 Å². The summed E-state index contributed by atoms with van der Waals surface area (Å²) in [5.41, 5.74) is 2.96. The standard InChI is InChI=1S/C23H27BrFN3O4/c1-5-10-32-21-17(24)11-15(12-19(21)31-4)13-26-28-23(30)20(14(2)3)27-22(29)16-8-6-7-9-18(16)25/h6-9,11-14,20H,5,10H2,1-4H3,(H,27,29)(H,28,30). The minimum atomic E-state index is -0.898. The molecule has 0 bridgehead atoms. The summed E-state index contributed by atoms with van der Waals surface area (Å²) in [5.74, 6) is -0.974. The van der Waals surface area contributed by atoms with Crippen molar-refractivity contribution in [3.05, 3.63) is 57.8 Å². The van der Waals surface area contributed by atoms with Gasteiger partial charge in [-0.1, -0.05) is 32.9 Å². The van der Waals surface area contributed by atoms with Crippen molar-refractivity contribution >= 4 is 34.0 Å². The van der Waals surface area contributed by atoms with Crippen molar-refractivity contribution in [3.8, 4) is 11.5 Å². The molecule has 0 spiro atoms. The summed E-state index contributed by atoms with van der Waals surface area (Å²) in [5, 5.41) is 6.55. The second-order valence-electron chi connectivity index (χ2n) is 7.29. The quantitative estimate of drug-likeness (QED) is 0.370. The Morgan fingerprint density at radius 2 is 1.97 bits per heavy atom. The van der Waals surface area contributed by atoms with Crippen LogP contribution >= 0.6 is 15.9 Å². The average Bonchev–Trinajstić information content (AvgIpc) is 2.76. The van der Waals surface area contributed by atoms with E-state index in [9.17, 15) is 14.0 Å².